The Balaban J connectivity index is 1.91. The third-order valence-corrected chi connectivity index (χ3v) is 6.82. The van der Waals surface area contributed by atoms with Crippen molar-refractivity contribution in [3.8, 4) is 17.2 Å². The highest BCUT2D eigenvalue weighted by molar-refractivity contribution is 7.92. The van der Waals surface area contributed by atoms with Crippen LogP contribution in [-0.4, -0.2) is 48.4 Å². The first-order valence-electron chi connectivity index (χ1n) is 10.6. The number of para-hydroxylation sites is 1. The number of methoxy groups -OCH3 is 3. The van der Waals surface area contributed by atoms with Crippen molar-refractivity contribution in [3.05, 3.63) is 77.9 Å². The smallest absolute Gasteiger partial charge is 0.264 e. The molecular formula is C25H27N3O6S. The molecule has 0 unspecified atom stereocenters. The van der Waals surface area contributed by atoms with Crippen molar-refractivity contribution in [1.82, 2.24) is 5.43 Å². The summed E-state index contributed by atoms with van der Waals surface area (Å²) in [4.78, 5) is 12.9. The zero-order valence-corrected chi connectivity index (χ0v) is 20.7. The number of hydrazone groups is 1. The molecule has 0 saturated heterocycles. The van der Waals surface area contributed by atoms with Gasteiger partial charge in [-0.3, -0.25) is 9.10 Å². The number of hydrogen-bond donors (Lipinski definition) is 1. The van der Waals surface area contributed by atoms with Crippen molar-refractivity contribution < 1.29 is 27.4 Å². The maximum atomic E-state index is 13.5. The van der Waals surface area contributed by atoms with Gasteiger partial charge < -0.3 is 14.2 Å². The Labute approximate surface area is 205 Å². The number of sulfonamides is 1. The van der Waals surface area contributed by atoms with Gasteiger partial charge in [0.05, 0.1) is 38.1 Å². The van der Waals surface area contributed by atoms with Crippen molar-refractivity contribution in [2.75, 3.05) is 32.2 Å². The second-order valence-electron chi connectivity index (χ2n) is 7.38. The fourth-order valence-electron chi connectivity index (χ4n) is 3.37. The summed E-state index contributed by atoms with van der Waals surface area (Å²) in [6.07, 6.45) is 1.39. The Kier molecular flexibility index (Phi) is 8.32. The molecule has 0 aliphatic rings. The Morgan fingerprint density at radius 1 is 0.943 bits per heavy atom. The van der Waals surface area contributed by atoms with Gasteiger partial charge in [0.15, 0.2) is 11.5 Å². The van der Waals surface area contributed by atoms with Gasteiger partial charge in [0.25, 0.3) is 15.9 Å². The van der Waals surface area contributed by atoms with Gasteiger partial charge in [-0.25, -0.2) is 13.8 Å². The summed E-state index contributed by atoms with van der Waals surface area (Å²) in [5.41, 5.74) is 4.00. The van der Waals surface area contributed by atoms with E-state index in [0.29, 0.717) is 22.8 Å². The van der Waals surface area contributed by atoms with Crippen LogP contribution in [0.2, 0.25) is 0 Å². The number of carbonyl (C=O) groups excluding carboxylic acids is 1. The standard InChI is InChI=1S/C25H27N3O6S/c1-18-13-14-22(32-2)21(15-18)28(35(30,31)20-10-6-5-7-11-20)17-24(29)27-26-16-19-9-8-12-23(33-3)25(19)34-4/h5-16H,17H2,1-4H3,(H,27,29)/b26-16-. The molecule has 0 fully saturated rings. The second-order valence-corrected chi connectivity index (χ2v) is 9.24. The molecule has 0 aromatic heterocycles. The van der Waals surface area contributed by atoms with Crippen LogP contribution in [0.5, 0.6) is 17.2 Å². The third kappa shape index (κ3) is 5.90. The van der Waals surface area contributed by atoms with Crippen LogP contribution in [0, 0.1) is 6.92 Å². The minimum Gasteiger partial charge on any atom is -0.495 e. The van der Waals surface area contributed by atoms with Gasteiger partial charge in [-0.1, -0.05) is 30.3 Å². The molecule has 184 valence electrons. The molecule has 0 aliphatic carbocycles. The molecule has 0 bridgehead atoms. The van der Waals surface area contributed by atoms with E-state index < -0.39 is 22.5 Å². The van der Waals surface area contributed by atoms with Gasteiger partial charge in [0.1, 0.15) is 12.3 Å². The number of aryl methyl sites for hydroxylation is 1. The molecule has 1 N–H and O–H groups in total. The number of ether oxygens (including phenoxy) is 3. The monoisotopic (exact) mass is 497 g/mol. The van der Waals surface area contributed by atoms with E-state index in [1.165, 1.54) is 39.7 Å². The largest absolute Gasteiger partial charge is 0.495 e. The van der Waals surface area contributed by atoms with Crippen LogP contribution in [0.4, 0.5) is 5.69 Å². The average molecular weight is 498 g/mol. The normalized spacial score (nSPS) is 11.2. The molecule has 1 amide bonds. The molecule has 0 saturated carbocycles. The molecule has 0 spiro atoms. The van der Waals surface area contributed by atoms with Crippen molar-refractivity contribution in [2.45, 2.75) is 11.8 Å². The summed E-state index contributed by atoms with van der Waals surface area (Å²) in [5, 5.41) is 3.97. The van der Waals surface area contributed by atoms with Crippen LogP contribution in [0.3, 0.4) is 0 Å². The molecule has 0 atom stereocenters. The number of nitrogens with zero attached hydrogens (tertiary/aromatic N) is 2. The summed E-state index contributed by atoms with van der Waals surface area (Å²) < 4.78 is 44.0. The van der Waals surface area contributed by atoms with Crippen molar-refractivity contribution in [1.29, 1.82) is 0 Å². The van der Waals surface area contributed by atoms with Crippen LogP contribution < -0.4 is 23.9 Å². The fraction of sp³-hybridized carbons (Fsp3) is 0.200. The second kappa shape index (κ2) is 11.4. The molecule has 35 heavy (non-hydrogen) atoms. The Bertz CT molecular complexity index is 1310. The summed E-state index contributed by atoms with van der Waals surface area (Å²) in [5.74, 6) is 0.624. The number of rotatable bonds is 10. The van der Waals surface area contributed by atoms with E-state index in [1.807, 2.05) is 6.92 Å². The maximum absolute atomic E-state index is 13.5. The van der Waals surface area contributed by atoms with Crippen molar-refractivity contribution in [3.63, 3.8) is 0 Å². The van der Waals surface area contributed by atoms with Crippen LogP contribution in [0.1, 0.15) is 11.1 Å². The minimum absolute atomic E-state index is 0.0426. The zero-order chi connectivity index (χ0) is 25.4. The first-order valence-corrected chi connectivity index (χ1v) is 12.0. The highest BCUT2D eigenvalue weighted by Crippen LogP contribution is 2.33. The van der Waals surface area contributed by atoms with E-state index in [1.54, 1.807) is 54.6 Å². The first kappa shape index (κ1) is 25.6. The van der Waals surface area contributed by atoms with Crippen molar-refractivity contribution in [2.24, 2.45) is 5.10 Å². The van der Waals surface area contributed by atoms with Gasteiger partial charge >= 0.3 is 0 Å². The number of carbonyl (C=O) groups is 1. The van der Waals surface area contributed by atoms with Crippen LogP contribution in [-0.2, 0) is 14.8 Å². The first-order chi connectivity index (χ1) is 16.8. The highest BCUT2D eigenvalue weighted by Gasteiger charge is 2.29. The van der Waals surface area contributed by atoms with Gasteiger partial charge in [-0.15, -0.1) is 0 Å². The molecule has 10 heteroatoms. The Morgan fingerprint density at radius 3 is 2.31 bits per heavy atom. The molecule has 9 nitrogen and oxygen atoms in total. The summed E-state index contributed by atoms with van der Waals surface area (Å²) >= 11 is 0. The average Bonchev–Trinajstić information content (AvgIpc) is 2.87. The Hall–Kier alpha value is -4.05. The van der Waals surface area contributed by atoms with E-state index >= 15 is 0 Å². The van der Waals surface area contributed by atoms with Crippen LogP contribution in [0.25, 0.3) is 0 Å². The topological polar surface area (TPSA) is 107 Å². The number of amides is 1. The van der Waals surface area contributed by atoms with E-state index in [-0.39, 0.29) is 10.6 Å². The van der Waals surface area contributed by atoms with Crippen LogP contribution in [0.15, 0.2) is 76.7 Å². The molecule has 3 aromatic rings. The Morgan fingerprint density at radius 2 is 1.66 bits per heavy atom. The summed E-state index contributed by atoms with van der Waals surface area (Å²) in [6.45, 7) is 1.30. The van der Waals surface area contributed by atoms with Crippen molar-refractivity contribution >= 4 is 27.8 Å². The van der Waals surface area contributed by atoms with E-state index in [9.17, 15) is 13.2 Å². The van der Waals surface area contributed by atoms with E-state index in [4.69, 9.17) is 14.2 Å². The molecule has 3 aromatic carbocycles. The van der Waals surface area contributed by atoms with Gasteiger partial charge in [-0.05, 0) is 48.9 Å². The predicted molar refractivity (Wildman–Crippen MR) is 134 cm³/mol. The quantitative estimate of drug-likeness (QED) is 0.340. The van der Waals surface area contributed by atoms with E-state index in [0.717, 1.165) is 9.87 Å². The predicted octanol–water partition coefficient (Wildman–Crippen LogP) is 3.37. The lowest BCUT2D eigenvalue weighted by atomic mass is 10.2. The van der Waals surface area contributed by atoms with E-state index in [2.05, 4.69) is 10.5 Å². The van der Waals surface area contributed by atoms with Gasteiger partial charge in [-0.2, -0.15) is 5.10 Å². The maximum Gasteiger partial charge on any atom is 0.264 e. The lowest BCUT2D eigenvalue weighted by molar-refractivity contribution is -0.119. The lowest BCUT2D eigenvalue weighted by Gasteiger charge is -2.25. The zero-order valence-electron chi connectivity index (χ0n) is 19.9. The number of nitrogens with one attached hydrogen (secondary N) is 1. The fourth-order valence-corrected chi connectivity index (χ4v) is 4.81. The lowest BCUT2D eigenvalue weighted by Crippen LogP contribution is -2.39. The number of hydrogen-bond acceptors (Lipinski definition) is 7. The van der Waals surface area contributed by atoms with Gasteiger partial charge in [0, 0.05) is 5.56 Å². The molecular weight excluding hydrogens is 470 g/mol. The molecule has 0 radical (unpaired) electrons. The molecule has 0 aliphatic heterocycles. The van der Waals surface area contributed by atoms with Gasteiger partial charge in [0.2, 0.25) is 0 Å². The molecule has 3 rings (SSSR count). The molecule has 0 heterocycles. The summed E-state index contributed by atoms with van der Waals surface area (Å²) in [6, 6.07) is 18.2. The summed E-state index contributed by atoms with van der Waals surface area (Å²) in [7, 11) is 0.358. The number of benzene rings is 3. The highest BCUT2D eigenvalue weighted by atomic mass is 32.2. The minimum atomic E-state index is -4.09. The SMILES string of the molecule is COc1ccc(C)cc1N(CC(=O)N/N=C\c1cccc(OC)c1OC)S(=O)(=O)c1ccccc1. The van der Waals surface area contributed by atoms with Crippen LogP contribution >= 0.6 is 0 Å². The number of anilines is 1. The third-order valence-electron chi connectivity index (χ3n) is 5.05.